The standard InChI is InChI=1S/C12H16N2O2S/c1-7(6-15-3)16-11-5-10-12(4-9(11)13)17-8(2)14-10/h4-5,7H,6,13H2,1-3H3. The van der Waals surface area contributed by atoms with Gasteiger partial charge in [0.05, 0.1) is 27.5 Å². The molecule has 1 unspecified atom stereocenters. The van der Waals surface area contributed by atoms with E-state index in [1.54, 1.807) is 18.4 Å². The smallest absolute Gasteiger partial charge is 0.144 e. The summed E-state index contributed by atoms with van der Waals surface area (Å²) in [7, 11) is 1.65. The second-order valence-electron chi connectivity index (χ2n) is 3.97. The Hall–Kier alpha value is -1.33. The van der Waals surface area contributed by atoms with Crippen LogP contribution in [0.3, 0.4) is 0 Å². The van der Waals surface area contributed by atoms with E-state index < -0.39 is 0 Å². The maximum atomic E-state index is 5.95. The number of aromatic nitrogens is 1. The normalized spacial score (nSPS) is 12.9. The molecule has 2 N–H and O–H groups in total. The zero-order chi connectivity index (χ0) is 12.4. The third-order valence-electron chi connectivity index (χ3n) is 2.36. The molecule has 0 bridgehead atoms. The van der Waals surface area contributed by atoms with E-state index in [-0.39, 0.29) is 6.10 Å². The first-order chi connectivity index (χ1) is 8.10. The highest BCUT2D eigenvalue weighted by Crippen LogP contribution is 2.31. The summed E-state index contributed by atoms with van der Waals surface area (Å²) < 4.78 is 11.8. The molecule has 17 heavy (non-hydrogen) atoms. The number of methoxy groups -OCH3 is 1. The van der Waals surface area contributed by atoms with Gasteiger partial charge in [0.15, 0.2) is 0 Å². The van der Waals surface area contributed by atoms with Gasteiger partial charge in [-0.05, 0) is 19.9 Å². The van der Waals surface area contributed by atoms with Crippen LogP contribution in [-0.4, -0.2) is 24.8 Å². The lowest BCUT2D eigenvalue weighted by atomic mass is 10.2. The molecule has 0 aliphatic rings. The van der Waals surface area contributed by atoms with Crippen molar-refractivity contribution in [2.24, 2.45) is 0 Å². The van der Waals surface area contributed by atoms with E-state index >= 15 is 0 Å². The van der Waals surface area contributed by atoms with Crippen LogP contribution >= 0.6 is 11.3 Å². The first kappa shape index (κ1) is 12.1. The topological polar surface area (TPSA) is 57.4 Å². The molecule has 5 heteroatoms. The molecular weight excluding hydrogens is 236 g/mol. The third kappa shape index (κ3) is 2.68. The van der Waals surface area contributed by atoms with Crippen molar-refractivity contribution in [2.75, 3.05) is 19.5 Å². The van der Waals surface area contributed by atoms with Crippen molar-refractivity contribution in [3.8, 4) is 5.75 Å². The Labute approximate surface area is 104 Å². The zero-order valence-corrected chi connectivity index (χ0v) is 11.0. The highest BCUT2D eigenvalue weighted by Gasteiger charge is 2.10. The number of nitrogen functional groups attached to an aromatic ring is 1. The lowest BCUT2D eigenvalue weighted by Crippen LogP contribution is -2.18. The Bertz CT molecular complexity index is 524. The van der Waals surface area contributed by atoms with Gasteiger partial charge in [-0.2, -0.15) is 0 Å². The zero-order valence-electron chi connectivity index (χ0n) is 10.2. The summed E-state index contributed by atoms with van der Waals surface area (Å²) in [4.78, 5) is 4.42. The van der Waals surface area contributed by atoms with Gasteiger partial charge >= 0.3 is 0 Å². The number of thiazole rings is 1. The first-order valence-electron chi connectivity index (χ1n) is 5.42. The van der Waals surface area contributed by atoms with Gasteiger partial charge in [-0.1, -0.05) is 0 Å². The number of benzene rings is 1. The fourth-order valence-electron chi connectivity index (χ4n) is 1.67. The Morgan fingerprint density at radius 2 is 2.24 bits per heavy atom. The van der Waals surface area contributed by atoms with Crippen LogP contribution in [0.1, 0.15) is 11.9 Å². The number of hydrogen-bond donors (Lipinski definition) is 1. The number of hydrogen-bond acceptors (Lipinski definition) is 5. The highest BCUT2D eigenvalue weighted by molar-refractivity contribution is 7.18. The summed E-state index contributed by atoms with van der Waals surface area (Å²) in [6, 6.07) is 3.80. The summed E-state index contributed by atoms with van der Waals surface area (Å²) in [5, 5.41) is 1.03. The molecular formula is C12H16N2O2S. The summed E-state index contributed by atoms with van der Waals surface area (Å²) >= 11 is 1.63. The molecule has 1 aromatic heterocycles. The minimum Gasteiger partial charge on any atom is -0.486 e. The van der Waals surface area contributed by atoms with E-state index in [0.717, 1.165) is 15.2 Å². The van der Waals surface area contributed by atoms with Crippen molar-refractivity contribution in [3.63, 3.8) is 0 Å². The number of rotatable bonds is 4. The summed E-state index contributed by atoms with van der Waals surface area (Å²) in [5.74, 6) is 0.673. The van der Waals surface area contributed by atoms with Crippen LogP contribution in [0, 0.1) is 6.92 Å². The van der Waals surface area contributed by atoms with Crippen LogP contribution in [0.2, 0.25) is 0 Å². The minimum absolute atomic E-state index is 0.0283. The predicted molar refractivity (Wildman–Crippen MR) is 70.7 cm³/mol. The summed E-state index contributed by atoms with van der Waals surface area (Å²) in [6.45, 7) is 4.46. The fourth-order valence-corrected chi connectivity index (χ4v) is 2.53. The fraction of sp³-hybridized carbons (Fsp3) is 0.417. The number of fused-ring (bicyclic) bond motifs is 1. The predicted octanol–water partition coefficient (Wildman–Crippen LogP) is 2.60. The highest BCUT2D eigenvalue weighted by atomic mass is 32.1. The molecule has 0 saturated carbocycles. The van der Waals surface area contributed by atoms with E-state index in [1.165, 1.54) is 0 Å². The minimum atomic E-state index is -0.0283. The molecule has 0 amide bonds. The van der Waals surface area contributed by atoms with Gasteiger partial charge in [0.1, 0.15) is 11.9 Å². The molecule has 0 aliphatic heterocycles. The Kier molecular flexibility index (Phi) is 3.49. The SMILES string of the molecule is COCC(C)Oc1cc2nc(C)sc2cc1N. The van der Waals surface area contributed by atoms with Crippen molar-refractivity contribution >= 4 is 27.2 Å². The van der Waals surface area contributed by atoms with Gasteiger partial charge in [0.25, 0.3) is 0 Å². The molecule has 0 aliphatic carbocycles. The van der Waals surface area contributed by atoms with Crippen LogP contribution in [-0.2, 0) is 4.74 Å². The van der Waals surface area contributed by atoms with Crippen molar-refractivity contribution in [3.05, 3.63) is 17.1 Å². The van der Waals surface area contributed by atoms with Crippen molar-refractivity contribution in [1.82, 2.24) is 4.98 Å². The molecule has 1 aromatic carbocycles. The second-order valence-corrected chi connectivity index (χ2v) is 5.21. The largest absolute Gasteiger partial charge is 0.486 e. The lowest BCUT2D eigenvalue weighted by molar-refractivity contribution is 0.0926. The number of anilines is 1. The number of nitrogens with zero attached hydrogens (tertiary/aromatic N) is 1. The van der Waals surface area contributed by atoms with Crippen LogP contribution < -0.4 is 10.5 Å². The first-order valence-corrected chi connectivity index (χ1v) is 6.24. The Balaban J connectivity index is 2.30. The van der Waals surface area contributed by atoms with Crippen LogP contribution in [0.25, 0.3) is 10.2 Å². The number of nitrogens with two attached hydrogens (primary N) is 1. The average Bonchev–Trinajstić information content (AvgIpc) is 2.58. The molecule has 0 spiro atoms. The van der Waals surface area contributed by atoms with Gasteiger partial charge in [0, 0.05) is 13.2 Å². The van der Waals surface area contributed by atoms with Crippen LogP contribution in [0.15, 0.2) is 12.1 Å². The van der Waals surface area contributed by atoms with Crippen molar-refractivity contribution in [2.45, 2.75) is 20.0 Å². The number of ether oxygens (including phenoxy) is 2. The quantitative estimate of drug-likeness (QED) is 0.850. The summed E-state index contributed by atoms with van der Waals surface area (Å²) in [6.07, 6.45) is -0.0283. The van der Waals surface area contributed by atoms with Gasteiger partial charge in [-0.25, -0.2) is 4.98 Å². The second kappa shape index (κ2) is 4.89. The van der Waals surface area contributed by atoms with Crippen molar-refractivity contribution in [1.29, 1.82) is 0 Å². The molecule has 0 fully saturated rings. The molecule has 1 atom stereocenters. The maximum Gasteiger partial charge on any atom is 0.144 e. The lowest BCUT2D eigenvalue weighted by Gasteiger charge is -2.15. The van der Waals surface area contributed by atoms with Gasteiger partial charge < -0.3 is 15.2 Å². The van der Waals surface area contributed by atoms with E-state index in [1.807, 2.05) is 26.0 Å². The summed E-state index contributed by atoms with van der Waals surface area (Å²) in [5.41, 5.74) is 7.53. The van der Waals surface area contributed by atoms with Gasteiger partial charge in [-0.15, -0.1) is 11.3 Å². The molecule has 4 nitrogen and oxygen atoms in total. The molecule has 2 rings (SSSR count). The maximum absolute atomic E-state index is 5.95. The average molecular weight is 252 g/mol. The molecule has 1 heterocycles. The third-order valence-corrected chi connectivity index (χ3v) is 3.29. The van der Waals surface area contributed by atoms with E-state index in [4.69, 9.17) is 15.2 Å². The molecule has 92 valence electrons. The molecule has 0 radical (unpaired) electrons. The number of aryl methyl sites for hydroxylation is 1. The van der Waals surface area contributed by atoms with Gasteiger partial charge in [-0.3, -0.25) is 0 Å². The van der Waals surface area contributed by atoms with Gasteiger partial charge in [0.2, 0.25) is 0 Å². The van der Waals surface area contributed by atoms with Crippen LogP contribution in [0.4, 0.5) is 5.69 Å². The Morgan fingerprint density at radius 1 is 1.47 bits per heavy atom. The monoisotopic (exact) mass is 252 g/mol. The van der Waals surface area contributed by atoms with Crippen LogP contribution in [0.5, 0.6) is 5.75 Å². The van der Waals surface area contributed by atoms with Crippen molar-refractivity contribution < 1.29 is 9.47 Å². The van der Waals surface area contributed by atoms with E-state index in [9.17, 15) is 0 Å². The molecule has 0 saturated heterocycles. The Morgan fingerprint density at radius 3 is 2.94 bits per heavy atom. The van der Waals surface area contributed by atoms with E-state index in [0.29, 0.717) is 18.0 Å². The molecule has 2 aromatic rings. The van der Waals surface area contributed by atoms with E-state index in [2.05, 4.69) is 4.98 Å².